The summed E-state index contributed by atoms with van der Waals surface area (Å²) in [5.74, 6) is 0.126. The Bertz CT molecular complexity index is 909. The molecule has 2 heterocycles. The molecule has 2 aromatic rings. The maximum atomic E-state index is 13.4. The predicted octanol–water partition coefficient (Wildman–Crippen LogP) is 3.58. The number of piperazine rings is 1. The Balaban J connectivity index is 1.56. The Morgan fingerprint density at radius 1 is 1.03 bits per heavy atom. The van der Waals surface area contributed by atoms with Crippen LogP contribution in [-0.4, -0.2) is 79.1 Å². The van der Waals surface area contributed by atoms with Crippen LogP contribution < -0.4 is 0 Å². The molecule has 4 rings (SSSR count). The van der Waals surface area contributed by atoms with Gasteiger partial charge in [-0.1, -0.05) is 59.6 Å². The number of fused-ring (bicyclic) bond motifs is 1. The summed E-state index contributed by atoms with van der Waals surface area (Å²) in [6.45, 7) is 3.66. The fraction of sp³-hybridized carbons (Fsp3) is 0.458. The van der Waals surface area contributed by atoms with Gasteiger partial charge in [-0.2, -0.15) is 0 Å². The van der Waals surface area contributed by atoms with Crippen molar-refractivity contribution in [3.63, 3.8) is 0 Å². The van der Waals surface area contributed by atoms with E-state index in [0.717, 1.165) is 18.7 Å². The quantitative estimate of drug-likeness (QED) is 0.681. The van der Waals surface area contributed by atoms with E-state index in [1.807, 2.05) is 12.1 Å². The molecule has 2 aliphatic rings. The molecule has 2 aliphatic heterocycles. The monoisotopic (exact) mass is 461 g/mol. The van der Waals surface area contributed by atoms with Gasteiger partial charge in [-0.3, -0.25) is 9.69 Å². The van der Waals surface area contributed by atoms with Gasteiger partial charge in [-0.25, -0.2) is 0 Å². The largest absolute Gasteiger partial charge is 0.378 e. The summed E-state index contributed by atoms with van der Waals surface area (Å²) in [5.41, 5.74) is 2.17. The molecule has 1 amide bonds. The molecule has 2 aromatic carbocycles. The van der Waals surface area contributed by atoms with Gasteiger partial charge in [0.25, 0.3) is 0 Å². The smallest absolute Gasteiger partial charge is 0.227 e. The average Bonchev–Trinajstić information content (AvgIpc) is 2.76. The third-order valence-corrected chi connectivity index (χ3v) is 7.11. The van der Waals surface area contributed by atoms with Gasteiger partial charge >= 0.3 is 0 Å². The highest BCUT2D eigenvalue weighted by atomic mass is 35.5. The van der Waals surface area contributed by atoms with Crippen LogP contribution in [-0.2, 0) is 22.5 Å². The van der Waals surface area contributed by atoms with Crippen molar-refractivity contribution in [1.82, 2.24) is 14.7 Å². The summed E-state index contributed by atoms with van der Waals surface area (Å²) in [6.07, 6.45) is 0.319. The SMILES string of the molecule is CN(C)[C@H]1COC[C@@H]2[C@@H]1N(C(=O)Cc1ccc(Cl)c(Cl)c1)CCN2Cc1ccccc1. The lowest BCUT2D eigenvalue weighted by molar-refractivity contribution is -0.152. The maximum absolute atomic E-state index is 13.4. The van der Waals surface area contributed by atoms with Gasteiger partial charge in [0.15, 0.2) is 0 Å². The van der Waals surface area contributed by atoms with Crippen LogP contribution in [0.2, 0.25) is 10.0 Å². The Hall–Kier alpha value is -1.63. The lowest BCUT2D eigenvalue weighted by Crippen LogP contribution is -2.70. The lowest BCUT2D eigenvalue weighted by atomic mass is 9.91. The molecule has 0 N–H and O–H groups in total. The standard InChI is InChI=1S/C24H29Cl2N3O2/c1-27(2)21-15-31-16-22-24(21)29(11-10-28(22)14-17-6-4-3-5-7-17)23(30)13-18-8-9-19(25)20(26)12-18/h3-9,12,21-22,24H,10-11,13-16H2,1-2H3/t21-,22+,24+/m0/s1. The number of hydrogen-bond donors (Lipinski definition) is 0. The zero-order valence-electron chi connectivity index (χ0n) is 18.0. The van der Waals surface area contributed by atoms with E-state index in [4.69, 9.17) is 27.9 Å². The molecule has 0 aromatic heterocycles. The van der Waals surface area contributed by atoms with E-state index in [2.05, 4.69) is 53.1 Å². The molecule has 5 nitrogen and oxygen atoms in total. The third-order valence-electron chi connectivity index (χ3n) is 6.37. The van der Waals surface area contributed by atoms with Crippen LogP contribution in [0.4, 0.5) is 0 Å². The maximum Gasteiger partial charge on any atom is 0.227 e. The number of amides is 1. The van der Waals surface area contributed by atoms with Gasteiger partial charge in [0.2, 0.25) is 5.91 Å². The number of halogens is 2. The predicted molar refractivity (Wildman–Crippen MR) is 125 cm³/mol. The van der Waals surface area contributed by atoms with Crippen molar-refractivity contribution < 1.29 is 9.53 Å². The fourth-order valence-corrected chi connectivity index (χ4v) is 5.06. The number of likely N-dealkylation sites (N-methyl/N-ethyl adjacent to an activating group) is 1. The van der Waals surface area contributed by atoms with Crippen LogP contribution in [0.3, 0.4) is 0 Å². The Kier molecular flexibility index (Phi) is 7.19. The van der Waals surface area contributed by atoms with E-state index in [-0.39, 0.29) is 24.0 Å². The zero-order chi connectivity index (χ0) is 22.0. The van der Waals surface area contributed by atoms with Gasteiger partial charge in [-0.05, 0) is 37.4 Å². The number of rotatable bonds is 5. The van der Waals surface area contributed by atoms with Crippen LogP contribution in [0.5, 0.6) is 0 Å². The van der Waals surface area contributed by atoms with Crippen LogP contribution in [0, 0.1) is 0 Å². The van der Waals surface area contributed by atoms with E-state index >= 15 is 0 Å². The molecule has 2 fully saturated rings. The average molecular weight is 462 g/mol. The molecule has 0 radical (unpaired) electrons. The number of nitrogens with zero attached hydrogens (tertiary/aromatic N) is 3. The molecule has 166 valence electrons. The van der Waals surface area contributed by atoms with E-state index in [0.29, 0.717) is 36.2 Å². The van der Waals surface area contributed by atoms with Crippen molar-refractivity contribution in [2.45, 2.75) is 31.1 Å². The molecule has 3 atom stereocenters. The van der Waals surface area contributed by atoms with Crippen molar-refractivity contribution in [3.8, 4) is 0 Å². The third kappa shape index (κ3) is 5.07. The minimum atomic E-state index is 0.0801. The number of benzene rings is 2. The normalized spacial score (nSPS) is 24.3. The van der Waals surface area contributed by atoms with Crippen molar-refractivity contribution in [1.29, 1.82) is 0 Å². The molecule has 31 heavy (non-hydrogen) atoms. The molecule has 0 spiro atoms. The summed E-state index contributed by atoms with van der Waals surface area (Å²) >= 11 is 12.2. The first-order valence-electron chi connectivity index (χ1n) is 10.7. The van der Waals surface area contributed by atoms with E-state index < -0.39 is 0 Å². The molecule has 7 heteroatoms. The summed E-state index contributed by atoms with van der Waals surface area (Å²) < 4.78 is 6.00. The second kappa shape index (κ2) is 9.88. The zero-order valence-corrected chi connectivity index (χ0v) is 19.5. The van der Waals surface area contributed by atoms with E-state index in [1.54, 1.807) is 12.1 Å². The number of carbonyl (C=O) groups is 1. The first-order chi connectivity index (χ1) is 14.9. The number of carbonyl (C=O) groups excluding carboxylic acids is 1. The van der Waals surface area contributed by atoms with Crippen molar-refractivity contribution >= 4 is 29.1 Å². The Morgan fingerprint density at radius 3 is 2.52 bits per heavy atom. The Labute approximate surface area is 194 Å². The van der Waals surface area contributed by atoms with Crippen molar-refractivity contribution in [2.24, 2.45) is 0 Å². The number of ether oxygens (including phenoxy) is 1. The van der Waals surface area contributed by atoms with Crippen LogP contribution >= 0.6 is 23.2 Å². The van der Waals surface area contributed by atoms with Crippen LogP contribution in [0.1, 0.15) is 11.1 Å². The Morgan fingerprint density at radius 2 is 1.81 bits per heavy atom. The summed E-state index contributed by atoms with van der Waals surface area (Å²) in [7, 11) is 4.13. The summed E-state index contributed by atoms with van der Waals surface area (Å²) in [5, 5.41) is 0.985. The van der Waals surface area contributed by atoms with E-state index in [9.17, 15) is 4.79 Å². The second-order valence-electron chi connectivity index (χ2n) is 8.59. The van der Waals surface area contributed by atoms with Gasteiger partial charge in [0.1, 0.15) is 0 Å². The first kappa shape index (κ1) is 22.6. The van der Waals surface area contributed by atoms with Gasteiger partial charge in [0, 0.05) is 19.6 Å². The second-order valence-corrected chi connectivity index (χ2v) is 9.41. The summed E-state index contributed by atoms with van der Waals surface area (Å²) in [4.78, 5) is 20.1. The lowest BCUT2D eigenvalue weighted by Gasteiger charge is -2.54. The molecule has 0 bridgehead atoms. The van der Waals surface area contributed by atoms with Gasteiger partial charge in [0.05, 0.1) is 47.8 Å². The van der Waals surface area contributed by atoms with Crippen molar-refractivity contribution in [2.75, 3.05) is 40.4 Å². The minimum absolute atomic E-state index is 0.0801. The molecule has 0 unspecified atom stereocenters. The highest BCUT2D eigenvalue weighted by molar-refractivity contribution is 6.42. The minimum Gasteiger partial charge on any atom is -0.378 e. The molecule has 0 aliphatic carbocycles. The molecule has 0 saturated carbocycles. The highest BCUT2D eigenvalue weighted by Crippen LogP contribution is 2.29. The van der Waals surface area contributed by atoms with Gasteiger partial charge < -0.3 is 14.5 Å². The van der Waals surface area contributed by atoms with Crippen LogP contribution in [0.25, 0.3) is 0 Å². The van der Waals surface area contributed by atoms with E-state index in [1.165, 1.54) is 5.56 Å². The van der Waals surface area contributed by atoms with Crippen LogP contribution in [0.15, 0.2) is 48.5 Å². The fourth-order valence-electron chi connectivity index (χ4n) is 4.74. The first-order valence-corrected chi connectivity index (χ1v) is 11.4. The summed E-state index contributed by atoms with van der Waals surface area (Å²) in [6, 6.07) is 16.3. The number of hydrogen-bond acceptors (Lipinski definition) is 4. The topological polar surface area (TPSA) is 36.0 Å². The highest BCUT2D eigenvalue weighted by Gasteiger charge is 2.46. The van der Waals surface area contributed by atoms with Crippen molar-refractivity contribution in [3.05, 3.63) is 69.7 Å². The molecular weight excluding hydrogens is 433 g/mol. The van der Waals surface area contributed by atoms with Gasteiger partial charge in [-0.15, -0.1) is 0 Å². The molecule has 2 saturated heterocycles. The molecular formula is C24H29Cl2N3O2.